The van der Waals surface area contributed by atoms with E-state index in [2.05, 4.69) is 22.1 Å². The zero-order valence-electron chi connectivity index (χ0n) is 14.6. The van der Waals surface area contributed by atoms with Gasteiger partial charge in [0.1, 0.15) is 5.60 Å². The lowest BCUT2D eigenvalue weighted by atomic mass is 10.1. The highest BCUT2D eigenvalue weighted by atomic mass is 16.5. The topological polar surface area (TPSA) is 71.5 Å². The lowest BCUT2D eigenvalue weighted by Gasteiger charge is -2.17. The van der Waals surface area contributed by atoms with Crippen molar-refractivity contribution < 1.29 is 14.6 Å². The summed E-state index contributed by atoms with van der Waals surface area (Å²) < 4.78 is 5.19. The van der Waals surface area contributed by atoms with E-state index in [0.29, 0.717) is 17.7 Å². The zero-order valence-corrected chi connectivity index (χ0v) is 14.6. The van der Waals surface area contributed by atoms with Crippen LogP contribution in [0, 0.1) is 11.8 Å². The van der Waals surface area contributed by atoms with Crippen molar-refractivity contribution in [2.45, 2.75) is 25.5 Å². The number of hydrogen-bond acceptors (Lipinski definition) is 4. The second-order valence-corrected chi connectivity index (χ2v) is 6.13. The number of nitrogens with one attached hydrogen (secondary N) is 1. The van der Waals surface area contributed by atoms with Crippen LogP contribution in [0.3, 0.4) is 0 Å². The van der Waals surface area contributed by atoms with Crippen LogP contribution in [0.25, 0.3) is 0 Å². The number of rotatable bonds is 5. The number of methoxy groups -OCH3 is 1. The standard InChI is InChI=1S/C20H22N2O3/c1-20(2,24)11-10-15-7-6-8-16(13-15)19(23)22-18(14-25-3)17-9-4-5-12-21-17/h4-9,12-13,18,24H,14H2,1-3H3,(H,22,23). The Morgan fingerprint density at radius 3 is 2.76 bits per heavy atom. The first kappa shape index (κ1) is 18.7. The van der Waals surface area contributed by atoms with E-state index >= 15 is 0 Å². The molecule has 0 aliphatic rings. The Hall–Kier alpha value is -2.68. The van der Waals surface area contributed by atoms with E-state index in [0.717, 1.165) is 5.69 Å². The number of nitrogens with zero attached hydrogens (tertiary/aromatic N) is 1. The summed E-state index contributed by atoms with van der Waals surface area (Å²) >= 11 is 0. The maximum Gasteiger partial charge on any atom is 0.251 e. The largest absolute Gasteiger partial charge is 0.382 e. The number of hydrogen-bond donors (Lipinski definition) is 2. The molecule has 0 saturated carbocycles. The van der Waals surface area contributed by atoms with Gasteiger partial charge in [-0.25, -0.2) is 0 Å². The smallest absolute Gasteiger partial charge is 0.251 e. The summed E-state index contributed by atoms with van der Waals surface area (Å²) in [5, 5.41) is 12.6. The SMILES string of the molecule is COCC(NC(=O)c1cccc(C#CC(C)(C)O)c1)c1ccccn1. The Bertz CT molecular complexity index is 771. The van der Waals surface area contributed by atoms with E-state index in [9.17, 15) is 9.90 Å². The van der Waals surface area contributed by atoms with Crippen molar-refractivity contribution in [2.75, 3.05) is 13.7 Å². The molecule has 0 aliphatic heterocycles. The minimum Gasteiger partial charge on any atom is -0.382 e. The van der Waals surface area contributed by atoms with Crippen LogP contribution in [-0.4, -0.2) is 35.3 Å². The molecule has 0 aliphatic carbocycles. The molecule has 1 aromatic carbocycles. The first-order chi connectivity index (χ1) is 11.9. The van der Waals surface area contributed by atoms with E-state index in [1.54, 1.807) is 51.4 Å². The Morgan fingerprint density at radius 2 is 2.12 bits per heavy atom. The van der Waals surface area contributed by atoms with Crippen molar-refractivity contribution in [3.63, 3.8) is 0 Å². The van der Waals surface area contributed by atoms with Gasteiger partial charge in [0, 0.05) is 24.4 Å². The van der Waals surface area contributed by atoms with Gasteiger partial charge in [-0.2, -0.15) is 0 Å². The average molecular weight is 338 g/mol. The molecule has 0 saturated heterocycles. The molecular formula is C20H22N2O3. The molecule has 25 heavy (non-hydrogen) atoms. The second kappa shape index (κ2) is 8.43. The molecule has 0 radical (unpaired) electrons. The third kappa shape index (κ3) is 6.03. The molecule has 0 fully saturated rings. The molecule has 1 unspecified atom stereocenters. The number of amides is 1. The Kier molecular flexibility index (Phi) is 6.29. The van der Waals surface area contributed by atoms with Crippen LogP contribution < -0.4 is 5.32 Å². The molecule has 1 heterocycles. The van der Waals surface area contributed by atoms with Crippen molar-refractivity contribution in [2.24, 2.45) is 0 Å². The fraction of sp³-hybridized carbons (Fsp3) is 0.300. The first-order valence-electron chi connectivity index (χ1n) is 7.95. The minimum absolute atomic E-state index is 0.236. The third-order valence-electron chi connectivity index (χ3n) is 3.32. The van der Waals surface area contributed by atoms with E-state index in [4.69, 9.17) is 4.74 Å². The van der Waals surface area contributed by atoms with Crippen LogP contribution in [0.1, 0.15) is 41.5 Å². The van der Waals surface area contributed by atoms with Gasteiger partial charge in [-0.1, -0.05) is 24.0 Å². The molecule has 1 atom stereocenters. The average Bonchev–Trinajstić information content (AvgIpc) is 2.60. The molecule has 1 aromatic heterocycles. The molecule has 1 amide bonds. The zero-order chi connectivity index (χ0) is 18.3. The molecule has 5 nitrogen and oxygen atoms in total. The molecule has 2 aromatic rings. The predicted octanol–water partition coefficient (Wildman–Crippen LogP) is 2.32. The fourth-order valence-electron chi connectivity index (χ4n) is 2.15. The summed E-state index contributed by atoms with van der Waals surface area (Å²) in [4.78, 5) is 16.8. The number of carbonyl (C=O) groups excluding carboxylic acids is 1. The maximum absolute atomic E-state index is 12.6. The highest BCUT2D eigenvalue weighted by Crippen LogP contribution is 2.12. The number of aliphatic hydroxyl groups is 1. The van der Waals surface area contributed by atoms with Crippen LogP contribution in [-0.2, 0) is 4.74 Å². The van der Waals surface area contributed by atoms with Crippen molar-refractivity contribution in [3.8, 4) is 11.8 Å². The van der Waals surface area contributed by atoms with Gasteiger partial charge >= 0.3 is 0 Å². The van der Waals surface area contributed by atoms with E-state index in [1.807, 2.05) is 18.2 Å². The molecular weight excluding hydrogens is 316 g/mol. The normalized spacial score (nSPS) is 12.0. The van der Waals surface area contributed by atoms with Crippen LogP contribution in [0.5, 0.6) is 0 Å². The summed E-state index contributed by atoms with van der Waals surface area (Å²) in [6.07, 6.45) is 1.68. The van der Waals surface area contributed by atoms with Gasteiger partial charge in [0.05, 0.1) is 18.3 Å². The molecule has 5 heteroatoms. The molecule has 2 rings (SSSR count). The van der Waals surface area contributed by atoms with Gasteiger partial charge in [0.15, 0.2) is 0 Å². The van der Waals surface area contributed by atoms with Gasteiger partial charge in [0.2, 0.25) is 0 Å². The molecule has 2 N–H and O–H groups in total. The summed E-state index contributed by atoms with van der Waals surface area (Å²) in [5.74, 6) is 5.37. The Morgan fingerprint density at radius 1 is 1.32 bits per heavy atom. The third-order valence-corrected chi connectivity index (χ3v) is 3.32. The van der Waals surface area contributed by atoms with Gasteiger partial charge in [-0.05, 0) is 44.2 Å². The molecule has 0 spiro atoms. The highest BCUT2D eigenvalue weighted by Gasteiger charge is 2.17. The highest BCUT2D eigenvalue weighted by molar-refractivity contribution is 5.94. The van der Waals surface area contributed by atoms with Crippen molar-refractivity contribution >= 4 is 5.91 Å². The lowest BCUT2D eigenvalue weighted by molar-refractivity contribution is 0.0894. The first-order valence-corrected chi connectivity index (χ1v) is 7.95. The van der Waals surface area contributed by atoms with Crippen LogP contribution in [0.2, 0.25) is 0 Å². The van der Waals surface area contributed by atoms with Gasteiger partial charge < -0.3 is 15.2 Å². The van der Waals surface area contributed by atoms with E-state index in [-0.39, 0.29) is 11.9 Å². The summed E-state index contributed by atoms with van der Waals surface area (Å²) in [6, 6.07) is 12.1. The van der Waals surface area contributed by atoms with Crippen molar-refractivity contribution in [3.05, 3.63) is 65.5 Å². The Balaban J connectivity index is 2.17. The number of pyridine rings is 1. The Labute approximate surface area is 148 Å². The number of carbonyl (C=O) groups is 1. The van der Waals surface area contributed by atoms with Gasteiger partial charge in [-0.3, -0.25) is 9.78 Å². The van der Waals surface area contributed by atoms with Crippen LogP contribution >= 0.6 is 0 Å². The number of aromatic nitrogens is 1. The monoisotopic (exact) mass is 338 g/mol. The van der Waals surface area contributed by atoms with Crippen molar-refractivity contribution in [1.29, 1.82) is 0 Å². The number of ether oxygens (including phenoxy) is 1. The van der Waals surface area contributed by atoms with E-state index < -0.39 is 5.60 Å². The van der Waals surface area contributed by atoms with Gasteiger partial charge in [0.25, 0.3) is 5.91 Å². The molecule has 0 bridgehead atoms. The summed E-state index contributed by atoms with van der Waals surface area (Å²) in [7, 11) is 1.58. The fourth-order valence-corrected chi connectivity index (χ4v) is 2.15. The van der Waals surface area contributed by atoms with Crippen molar-refractivity contribution in [1.82, 2.24) is 10.3 Å². The summed E-state index contributed by atoms with van der Waals surface area (Å²) in [5.41, 5.74) is 0.798. The quantitative estimate of drug-likeness (QED) is 0.821. The maximum atomic E-state index is 12.6. The van der Waals surface area contributed by atoms with Crippen LogP contribution in [0.15, 0.2) is 48.7 Å². The van der Waals surface area contributed by atoms with Crippen LogP contribution in [0.4, 0.5) is 0 Å². The lowest BCUT2D eigenvalue weighted by Crippen LogP contribution is -2.31. The number of benzene rings is 1. The summed E-state index contributed by atoms with van der Waals surface area (Å²) in [6.45, 7) is 3.54. The van der Waals surface area contributed by atoms with Gasteiger partial charge in [-0.15, -0.1) is 0 Å². The second-order valence-electron chi connectivity index (χ2n) is 6.13. The molecule has 130 valence electrons. The van der Waals surface area contributed by atoms with E-state index in [1.165, 1.54) is 0 Å². The predicted molar refractivity (Wildman–Crippen MR) is 95.9 cm³/mol. The minimum atomic E-state index is -1.08.